The van der Waals surface area contributed by atoms with Crippen molar-refractivity contribution in [3.63, 3.8) is 0 Å². The van der Waals surface area contributed by atoms with Gasteiger partial charge in [0.05, 0.1) is 26.2 Å². The minimum absolute atomic E-state index is 0.854. The van der Waals surface area contributed by atoms with Gasteiger partial charge in [-0.05, 0) is 26.3 Å². The van der Waals surface area contributed by atoms with Gasteiger partial charge < -0.3 is 10.2 Å². The van der Waals surface area contributed by atoms with E-state index in [2.05, 4.69) is 20.9 Å². The molecule has 0 radical (unpaired) electrons. The Bertz CT molecular complexity index is 154. The molecular weight excluding hydrogens is 160 g/mol. The lowest BCUT2D eigenvalue weighted by atomic mass is 9.85. The van der Waals surface area contributed by atoms with Crippen LogP contribution in [0.4, 0.5) is 0 Å². The molecular formula is C11H25N2+. The maximum absolute atomic E-state index is 5.53. The fourth-order valence-electron chi connectivity index (χ4n) is 2.64. The molecule has 0 aromatic carbocycles. The van der Waals surface area contributed by atoms with Gasteiger partial charge in [0.1, 0.15) is 0 Å². The number of hydrogen-bond acceptors (Lipinski definition) is 1. The third-order valence-electron chi connectivity index (χ3n) is 3.98. The Morgan fingerprint density at radius 3 is 2.62 bits per heavy atom. The number of nitrogens with zero attached hydrogens (tertiary/aromatic N) is 1. The summed E-state index contributed by atoms with van der Waals surface area (Å²) in [6, 6.07) is 0.913. The second kappa shape index (κ2) is 4.43. The van der Waals surface area contributed by atoms with Crippen molar-refractivity contribution in [2.75, 3.05) is 26.7 Å². The molecule has 2 nitrogen and oxygen atoms in total. The number of likely N-dealkylation sites (tertiary alicyclic amines) is 1. The van der Waals surface area contributed by atoms with Crippen LogP contribution in [-0.4, -0.2) is 37.2 Å². The van der Waals surface area contributed by atoms with Gasteiger partial charge in [-0.1, -0.05) is 6.92 Å². The van der Waals surface area contributed by atoms with Gasteiger partial charge in [-0.3, -0.25) is 0 Å². The van der Waals surface area contributed by atoms with E-state index in [4.69, 9.17) is 5.73 Å². The largest absolute Gasteiger partial charge is 0.330 e. The summed E-state index contributed by atoms with van der Waals surface area (Å²) in [6.07, 6.45) is 3.94. The zero-order valence-corrected chi connectivity index (χ0v) is 9.42. The molecule has 1 rings (SSSR count). The van der Waals surface area contributed by atoms with Crippen LogP contribution in [0, 0.1) is 5.92 Å². The lowest BCUT2D eigenvalue weighted by Crippen LogP contribution is -2.64. The number of nitrogens with two attached hydrogens (primary N) is 1. The molecule has 0 amide bonds. The Balaban J connectivity index is 2.35. The van der Waals surface area contributed by atoms with E-state index in [1.165, 1.54) is 36.8 Å². The molecule has 0 saturated carbocycles. The van der Waals surface area contributed by atoms with Crippen molar-refractivity contribution in [3.8, 4) is 0 Å². The summed E-state index contributed by atoms with van der Waals surface area (Å²) in [5, 5.41) is 0. The third-order valence-corrected chi connectivity index (χ3v) is 3.98. The minimum Gasteiger partial charge on any atom is -0.330 e. The molecule has 1 saturated heterocycles. The monoisotopic (exact) mass is 185 g/mol. The quantitative estimate of drug-likeness (QED) is 0.647. The van der Waals surface area contributed by atoms with Gasteiger partial charge in [-0.25, -0.2) is 0 Å². The summed E-state index contributed by atoms with van der Waals surface area (Å²) in [7, 11) is 2.40. The first kappa shape index (κ1) is 11.0. The standard InChI is InChI=1S/C11H25N2/c1-4-13(3)9-7-11(13)10(2)6-5-8-12/h10-11H,4-9,12H2,1-3H3/q+1. The molecule has 1 aliphatic heterocycles. The summed E-state index contributed by atoms with van der Waals surface area (Å²) < 4.78 is 1.30. The van der Waals surface area contributed by atoms with E-state index in [1.807, 2.05) is 0 Å². The molecule has 0 bridgehead atoms. The second-order valence-corrected chi connectivity index (χ2v) is 4.78. The van der Waals surface area contributed by atoms with E-state index in [0.29, 0.717) is 0 Å². The molecule has 2 N–H and O–H groups in total. The Hall–Kier alpha value is -0.0800. The van der Waals surface area contributed by atoms with Crippen LogP contribution in [0.25, 0.3) is 0 Å². The molecule has 1 aliphatic rings. The van der Waals surface area contributed by atoms with Crippen molar-refractivity contribution < 1.29 is 4.48 Å². The van der Waals surface area contributed by atoms with Crippen LogP contribution in [0.15, 0.2) is 0 Å². The van der Waals surface area contributed by atoms with E-state index < -0.39 is 0 Å². The third kappa shape index (κ3) is 2.23. The average Bonchev–Trinajstić information content (AvgIpc) is 2.11. The van der Waals surface area contributed by atoms with Crippen LogP contribution in [0.2, 0.25) is 0 Å². The van der Waals surface area contributed by atoms with Gasteiger partial charge in [0.25, 0.3) is 0 Å². The van der Waals surface area contributed by atoms with Crippen LogP contribution >= 0.6 is 0 Å². The summed E-state index contributed by atoms with van der Waals surface area (Å²) >= 11 is 0. The highest BCUT2D eigenvalue weighted by Crippen LogP contribution is 2.33. The fourth-order valence-corrected chi connectivity index (χ4v) is 2.64. The van der Waals surface area contributed by atoms with Crippen LogP contribution in [0.3, 0.4) is 0 Å². The highest BCUT2D eigenvalue weighted by molar-refractivity contribution is 4.75. The Kier molecular flexibility index (Phi) is 3.74. The van der Waals surface area contributed by atoms with Crippen molar-refractivity contribution in [1.82, 2.24) is 0 Å². The van der Waals surface area contributed by atoms with Gasteiger partial charge in [0, 0.05) is 12.3 Å². The number of rotatable bonds is 5. The van der Waals surface area contributed by atoms with Crippen LogP contribution in [0.5, 0.6) is 0 Å². The lowest BCUT2D eigenvalue weighted by Gasteiger charge is -2.52. The number of quaternary nitrogens is 1. The van der Waals surface area contributed by atoms with E-state index >= 15 is 0 Å². The highest BCUT2D eigenvalue weighted by Gasteiger charge is 2.43. The van der Waals surface area contributed by atoms with Crippen molar-refractivity contribution in [3.05, 3.63) is 0 Å². The SMILES string of the molecule is CC[N+]1(C)CCC1C(C)CCCN. The topological polar surface area (TPSA) is 26.0 Å². The average molecular weight is 185 g/mol. The van der Waals surface area contributed by atoms with Crippen LogP contribution in [0.1, 0.15) is 33.1 Å². The highest BCUT2D eigenvalue weighted by atomic mass is 15.4. The maximum atomic E-state index is 5.53. The molecule has 0 spiro atoms. The molecule has 0 aliphatic carbocycles. The van der Waals surface area contributed by atoms with Crippen LogP contribution in [-0.2, 0) is 0 Å². The van der Waals surface area contributed by atoms with Crippen molar-refractivity contribution >= 4 is 0 Å². The first-order valence-electron chi connectivity index (χ1n) is 5.68. The fraction of sp³-hybridized carbons (Fsp3) is 1.00. The molecule has 78 valence electrons. The normalized spacial score (nSPS) is 35.5. The van der Waals surface area contributed by atoms with Gasteiger partial charge >= 0.3 is 0 Å². The molecule has 1 fully saturated rings. The van der Waals surface area contributed by atoms with Crippen molar-refractivity contribution in [2.45, 2.75) is 39.2 Å². The molecule has 0 aromatic heterocycles. The predicted molar refractivity (Wildman–Crippen MR) is 57.4 cm³/mol. The van der Waals surface area contributed by atoms with Crippen molar-refractivity contribution in [2.24, 2.45) is 11.7 Å². The van der Waals surface area contributed by atoms with Gasteiger partial charge in [-0.2, -0.15) is 0 Å². The first-order chi connectivity index (χ1) is 6.14. The Labute approximate surface area is 82.7 Å². The van der Waals surface area contributed by atoms with Crippen molar-refractivity contribution in [1.29, 1.82) is 0 Å². The minimum atomic E-state index is 0.854. The molecule has 0 aromatic rings. The molecule has 2 heteroatoms. The number of hydrogen-bond donors (Lipinski definition) is 1. The maximum Gasteiger partial charge on any atom is 0.0968 e. The smallest absolute Gasteiger partial charge is 0.0968 e. The van der Waals surface area contributed by atoms with E-state index in [9.17, 15) is 0 Å². The van der Waals surface area contributed by atoms with E-state index in [1.54, 1.807) is 0 Å². The first-order valence-corrected chi connectivity index (χ1v) is 5.68. The van der Waals surface area contributed by atoms with Crippen LogP contribution < -0.4 is 5.73 Å². The van der Waals surface area contributed by atoms with E-state index in [0.717, 1.165) is 18.5 Å². The zero-order valence-electron chi connectivity index (χ0n) is 9.42. The summed E-state index contributed by atoms with van der Waals surface area (Å²) in [5.74, 6) is 0.863. The molecule has 13 heavy (non-hydrogen) atoms. The molecule has 3 atom stereocenters. The second-order valence-electron chi connectivity index (χ2n) is 4.78. The Morgan fingerprint density at radius 2 is 2.23 bits per heavy atom. The predicted octanol–water partition coefficient (Wildman–Crippen LogP) is 1.60. The van der Waals surface area contributed by atoms with E-state index in [-0.39, 0.29) is 0 Å². The lowest BCUT2D eigenvalue weighted by molar-refractivity contribution is -0.974. The van der Waals surface area contributed by atoms with Gasteiger partial charge in [0.2, 0.25) is 0 Å². The summed E-state index contributed by atoms with van der Waals surface area (Å²) in [4.78, 5) is 0. The van der Waals surface area contributed by atoms with Gasteiger partial charge in [-0.15, -0.1) is 0 Å². The molecule has 1 heterocycles. The summed E-state index contributed by atoms with van der Waals surface area (Å²) in [6.45, 7) is 8.23. The molecule has 3 unspecified atom stereocenters. The van der Waals surface area contributed by atoms with Gasteiger partial charge in [0.15, 0.2) is 0 Å². The Morgan fingerprint density at radius 1 is 1.54 bits per heavy atom. The summed E-state index contributed by atoms with van der Waals surface area (Å²) in [5.41, 5.74) is 5.53. The zero-order chi connectivity index (χ0) is 9.90.